The molecule has 3 heterocycles. The van der Waals surface area contributed by atoms with E-state index in [2.05, 4.69) is 31.7 Å². The van der Waals surface area contributed by atoms with Crippen molar-refractivity contribution in [3.8, 4) is 11.4 Å². The Morgan fingerprint density at radius 2 is 2.15 bits per heavy atom. The van der Waals surface area contributed by atoms with Crippen LogP contribution in [0.4, 0.5) is 0 Å². The fraction of sp³-hybridized carbons (Fsp3) is 0.278. The van der Waals surface area contributed by atoms with E-state index in [0.717, 1.165) is 32.9 Å². The Bertz CT molecular complexity index is 1100. The second-order valence-corrected chi connectivity index (χ2v) is 7.03. The van der Waals surface area contributed by atoms with E-state index in [1.807, 2.05) is 29.8 Å². The van der Waals surface area contributed by atoms with Crippen molar-refractivity contribution < 1.29 is 51.4 Å². The molecule has 1 aromatic carbocycles. The van der Waals surface area contributed by atoms with E-state index in [0.29, 0.717) is 18.3 Å². The molecule has 0 N–H and O–H groups in total. The first-order valence-corrected chi connectivity index (χ1v) is 8.88. The van der Waals surface area contributed by atoms with Crippen LogP contribution >= 0.6 is 11.6 Å². The van der Waals surface area contributed by atoms with E-state index in [1.54, 1.807) is 6.20 Å². The minimum absolute atomic E-state index is 0. The van der Waals surface area contributed by atoms with Gasteiger partial charge in [0.25, 0.3) is 0 Å². The maximum absolute atomic E-state index is 6.53. The monoisotopic (exact) mass is 403 g/mol. The molecule has 0 saturated heterocycles. The second-order valence-electron chi connectivity index (χ2n) is 6.62. The molecule has 0 spiro atoms. The quantitative estimate of drug-likeness (QED) is 0.450. The van der Waals surface area contributed by atoms with Crippen LogP contribution in [0.25, 0.3) is 22.4 Å². The zero-order valence-corrected chi connectivity index (χ0v) is 19.0. The number of hydrogen-bond acceptors (Lipinski definition) is 5. The number of nitrogens with zero attached hydrogens (tertiary/aromatic N) is 7. The predicted molar refractivity (Wildman–Crippen MR) is 96.9 cm³/mol. The number of rotatable bonds is 4. The number of tetrazole rings is 1. The number of aromatic nitrogens is 7. The minimum Gasteiger partial charge on any atom is -0.330 e. The first kappa shape index (κ1) is 19.2. The Labute approximate surface area is 203 Å². The molecule has 130 valence electrons. The Balaban J connectivity index is 0.00000180. The van der Waals surface area contributed by atoms with E-state index < -0.39 is 0 Å². The van der Waals surface area contributed by atoms with Crippen LogP contribution in [0.1, 0.15) is 35.6 Å². The molecule has 0 unspecified atom stereocenters. The average molecular weight is 404 g/mol. The van der Waals surface area contributed by atoms with Crippen molar-refractivity contribution in [3.05, 3.63) is 52.3 Å². The molecule has 1 aliphatic rings. The van der Waals surface area contributed by atoms with E-state index in [9.17, 15) is 0 Å². The number of hydrogen-bond donors (Lipinski definition) is 0. The molecule has 1 fully saturated rings. The molecule has 1 aliphatic carbocycles. The van der Waals surface area contributed by atoms with Gasteiger partial charge >= 0.3 is 51.4 Å². The summed E-state index contributed by atoms with van der Waals surface area (Å²) >= 11 is 6.53. The molecule has 5 rings (SSSR count). The fourth-order valence-corrected chi connectivity index (χ4v) is 3.62. The Kier molecular flexibility index (Phi) is 5.46. The summed E-state index contributed by atoms with van der Waals surface area (Å²) in [4.78, 5) is 4.54. The number of pyridine rings is 1. The summed E-state index contributed by atoms with van der Waals surface area (Å²) in [5.41, 5.74) is 5.90. The Morgan fingerprint density at radius 3 is 2.89 bits per heavy atom. The third-order valence-corrected chi connectivity index (χ3v) is 5.17. The van der Waals surface area contributed by atoms with Crippen LogP contribution in [-0.4, -0.2) is 30.3 Å². The van der Waals surface area contributed by atoms with Gasteiger partial charge in [0.15, 0.2) is 0 Å². The van der Waals surface area contributed by atoms with Gasteiger partial charge < -0.3 is 5.10 Å². The van der Waals surface area contributed by atoms with Gasteiger partial charge in [-0.15, -0.1) is 0 Å². The molecule has 1 saturated carbocycles. The maximum atomic E-state index is 6.53. The first-order chi connectivity index (χ1) is 12.7. The maximum Gasteiger partial charge on any atom is 1.00 e. The average Bonchev–Trinajstić information content (AvgIpc) is 3.25. The van der Waals surface area contributed by atoms with Crippen LogP contribution in [0.3, 0.4) is 0 Å². The predicted octanol–water partition coefficient (Wildman–Crippen LogP) is 0.132. The molecule has 3 aromatic heterocycles. The largest absolute Gasteiger partial charge is 1.00 e. The summed E-state index contributed by atoms with van der Waals surface area (Å²) in [6, 6.07) is 8.13. The molecule has 4 aromatic rings. The summed E-state index contributed by atoms with van der Waals surface area (Å²) in [6.45, 7) is 2.57. The van der Waals surface area contributed by atoms with Crippen LogP contribution < -0.4 is 56.5 Å². The van der Waals surface area contributed by atoms with Crippen molar-refractivity contribution in [1.29, 1.82) is 0 Å². The topological polar surface area (TPSA) is 83.5 Å². The summed E-state index contributed by atoms with van der Waals surface area (Å²) < 4.78 is 1.96. The standard InChI is InChI=1S/C18H15ClN7.K/c1-10-17-16(7-12(8-20-17)18-21-24-25-22-18)26(23-10)9-14-13(11-5-6-11)3-2-4-15(14)19;/h2-4,7-8,11H,5-6,9H2,1H3;/q-1;+1. The SMILES string of the molecule is Cc1nn(Cc2c(Cl)cccc2C2CC2)c2cc(-c3nnn[n-]3)cnc12.[K+]. The Hall–Kier alpha value is -1.16. The van der Waals surface area contributed by atoms with Crippen molar-refractivity contribution >= 4 is 22.6 Å². The molecule has 0 radical (unpaired) electrons. The van der Waals surface area contributed by atoms with Gasteiger partial charge in [-0.3, -0.25) is 20.0 Å². The van der Waals surface area contributed by atoms with Gasteiger partial charge in [0.1, 0.15) is 5.52 Å². The van der Waals surface area contributed by atoms with E-state index in [4.69, 9.17) is 16.7 Å². The molecule has 27 heavy (non-hydrogen) atoms. The van der Waals surface area contributed by atoms with Crippen molar-refractivity contribution in [2.45, 2.75) is 32.2 Å². The molecule has 9 heteroatoms. The normalized spacial score (nSPS) is 13.7. The van der Waals surface area contributed by atoms with Gasteiger partial charge in [-0.25, -0.2) is 0 Å². The van der Waals surface area contributed by atoms with Gasteiger partial charge in [0, 0.05) is 22.6 Å². The van der Waals surface area contributed by atoms with Crippen molar-refractivity contribution in [2.24, 2.45) is 0 Å². The van der Waals surface area contributed by atoms with Crippen LogP contribution in [-0.2, 0) is 6.54 Å². The van der Waals surface area contributed by atoms with E-state index in [-0.39, 0.29) is 51.4 Å². The third kappa shape index (κ3) is 3.62. The number of halogens is 1. The molecule has 0 aliphatic heterocycles. The van der Waals surface area contributed by atoms with Crippen LogP contribution in [0.5, 0.6) is 0 Å². The van der Waals surface area contributed by atoms with E-state index >= 15 is 0 Å². The number of fused-ring (bicyclic) bond motifs is 1. The van der Waals surface area contributed by atoms with Gasteiger partial charge in [0.2, 0.25) is 0 Å². The van der Waals surface area contributed by atoms with Gasteiger partial charge in [0.05, 0.1) is 17.8 Å². The van der Waals surface area contributed by atoms with Gasteiger partial charge in [-0.05, 0) is 48.9 Å². The molecule has 0 atom stereocenters. The molecule has 0 bridgehead atoms. The number of benzene rings is 1. The van der Waals surface area contributed by atoms with Crippen molar-refractivity contribution in [1.82, 2.24) is 35.4 Å². The smallest absolute Gasteiger partial charge is 0.330 e. The molecular weight excluding hydrogens is 389 g/mol. The summed E-state index contributed by atoms with van der Waals surface area (Å²) in [5, 5.41) is 20.4. The van der Waals surface area contributed by atoms with Crippen molar-refractivity contribution in [3.63, 3.8) is 0 Å². The summed E-state index contributed by atoms with van der Waals surface area (Å²) in [6.07, 6.45) is 4.18. The summed E-state index contributed by atoms with van der Waals surface area (Å²) in [5.74, 6) is 1.08. The molecule has 0 amide bonds. The number of aryl methyl sites for hydroxylation is 1. The summed E-state index contributed by atoms with van der Waals surface area (Å²) in [7, 11) is 0. The zero-order valence-electron chi connectivity index (χ0n) is 15.1. The fourth-order valence-electron chi connectivity index (χ4n) is 3.38. The first-order valence-electron chi connectivity index (χ1n) is 8.50. The zero-order chi connectivity index (χ0) is 17.7. The Morgan fingerprint density at radius 1 is 1.30 bits per heavy atom. The van der Waals surface area contributed by atoms with Gasteiger partial charge in [-0.2, -0.15) is 10.3 Å². The third-order valence-electron chi connectivity index (χ3n) is 4.82. The van der Waals surface area contributed by atoms with Crippen LogP contribution in [0, 0.1) is 6.92 Å². The minimum atomic E-state index is 0. The van der Waals surface area contributed by atoms with E-state index in [1.165, 1.54) is 18.4 Å². The van der Waals surface area contributed by atoms with Gasteiger partial charge in [-0.1, -0.05) is 23.7 Å². The molecular formula is C18H15ClKN7. The second kappa shape index (κ2) is 7.69. The molecule has 7 nitrogen and oxygen atoms in total. The van der Waals surface area contributed by atoms with Crippen LogP contribution in [0.2, 0.25) is 5.02 Å². The van der Waals surface area contributed by atoms with Crippen LogP contribution in [0.15, 0.2) is 30.5 Å². The van der Waals surface area contributed by atoms with Crippen molar-refractivity contribution in [2.75, 3.05) is 0 Å².